The largest absolute Gasteiger partial charge is 0.385 e. The number of nitrogens with zero attached hydrogens (tertiary/aromatic N) is 2. The van der Waals surface area contributed by atoms with Crippen molar-refractivity contribution < 1.29 is 4.74 Å². The summed E-state index contributed by atoms with van der Waals surface area (Å²) in [5.74, 6) is 1.74. The zero-order chi connectivity index (χ0) is 9.26. The van der Waals surface area contributed by atoms with Crippen LogP contribution in [0.5, 0.6) is 0 Å². The maximum absolute atomic E-state index is 11.3. The molecule has 70 valence electrons. The van der Waals surface area contributed by atoms with Crippen molar-refractivity contribution in [1.82, 2.24) is 9.55 Å². The quantitative estimate of drug-likeness (QED) is 0.691. The predicted octanol–water partition coefficient (Wildman–Crippen LogP) is 0.0450. The molecule has 1 aromatic rings. The minimum atomic E-state index is -0.354. The lowest BCUT2D eigenvalue weighted by Crippen LogP contribution is -2.29. The Morgan fingerprint density at radius 3 is 3.23 bits per heavy atom. The maximum Gasteiger partial charge on any atom is 0.351 e. The van der Waals surface area contributed by atoms with Gasteiger partial charge in [0.05, 0.1) is 5.94 Å². The van der Waals surface area contributed by atoms with Gasteiger partial charge in [-0.1, -0.05) is 0 Å². The van der Waals surface area contributed by atoms with Crippen molar-refractivity contribution in [1.29, 1.82) is 0 Å². The first kappa shape index (κ1) is 8.58. The van der Waals surface area contributed by atoms with Crippen molar-refractivity contribution in [2.75, 3.05) is 17.4 Å². The van der Waals surface area contributed by atoms with Gasteiger partial charge in [-0.2, -0.15) is 0 Å². The Morgan fingerprint density at radius 1 is 1.77 bits per heavy atom. The van der Waals surface area contributed by atoms with Crippen LogP contribution in [0.4, 0.5) is 5.82 Å². The number of thioether (sulfide) groups is 1. The van der Waals surface area contributed by atoms with Gasteiger partial charge in [0.2, 0.25) is 0 Å². The summed E-state index contributed by atoms with van der Waals surface area (Å²) in [6.07, 6.45) is 1.14. The van der Waals surface area contributed by atoms with Crippen LogP contribution in [0.25, 0.3) is 0 Å². The molecule has 0 radical (unpaired) electrons. The Kier molecular flexibility index (Phi) is 2.24. The molecule has 13 heavy (non-hydrogen) atoms. The third-order valence-electron chi connectivity index (χ3n) is 1.81. The van der Waals surface area contributed by atoms with Crippen LogP contribution < -0.4 is 11.4 Å². The predicted molar refractivity (Wildman–Crippen MR) is 50.4 cm³/mol. The molecule has 2 rings (SSSR count). The molecular formula is C7H9N3O2S. The van der Waals surface area contributed by atoms with Crippen molar-refractivity contribution in [3.05, 3.63) is 22.7 Å². The third-order valence-corrected chi connectivity index (χ3v) is 2.63. The highest BCUT2D eigenvalue weighted by atomic mass is 32.2. The molecule has 1 atom stereocenters. The van der Waals surface area contributed by atoms with E-state index in [1.807, 2.05) is 0 Å². The first-order valence-corrected chi connectivity index (χ1v) is 4.97. The standard InChI is InChI=1S/C7H9N3O2S/c8-5-1-2-9-7(11)10(5)6-3-13-4-12-6/h1-2,6H,3-4,8H2. The fourth-order valence-corrected chi connectivity index (χ4v) is 1.99. The molecule has 1 saturated heterocycles. The van der Waals surface area contributed by atoms with E-state index in [1.54, 1.807) is 17.8 Å². The molecule has 0 saturated carbocycles. The highest BCUT2D eigenvalue weighted by Crippen LogP contribution is 2.24. The summed E-state index contributed by atoms with van der Waals surface area (Å²) in [5.41, 5.74) is 5.28. The van der Waals surface area contributed by atoms with E-state index < -0.39 is 0 Å². The van der Waals surface area contributed by atoms with Crippen molar-refractivity contribution in [3.63, 3.8) is 0 Å². The molecule has 0 amide bonds. The average molecular weight is 199 g/mol. The molecule has 1 fully saturated rings. The molecular weight excluding hydrogens is 190 g/mol. The number of nitrogens with two attached hydrogens (primary N) is 1. The number of rotatable bonds is 1. The molecule has 2 N–H and O–H groups in total. The van der Waals surface area contributed by atoms with Crippen LogP contribution in [0.1, 0.15) is 6.23 Å². The second-order valence-electron chi connectivity index (χ2n) is 2.63. The lowest BCUT2D eigenvalue weighted by atomic mass is 10.5. The van der Waals surface area contributed by atoms with Crippen molar-refractivity contribution in [2.45, 2.75) is 6.23 Å². The Hall–Kier alpha value is -1.01. The summed E-state index contributed by atoms with van der Waals surface area (Å²) in [4.78, 5) is 14.9. The van der Waals surface area contributed by atoms with Gasteiger partial charge in [0.25, 0.3) is 0 Å². The van der Waals surface area contributed by atoms with Gasteiger partial charge in [0.15, 0.2) is 0 Å². The van der Waals surface area contributed by atoms with Gasteiger partial charge < -0.3 is 10.5 Å². The van der Waals surface area contributed by atoms with E-state index in [1.165, 1.54) is 10.8 Å². The fraction of sp³-hybridized carbons (Fsp3) is 0.429. The summed E-state index contributed by atoms with van der Waals surface area (Å²) in [6.45, 7) is 0. The highest BCUT2D eigenvalue weighted by Gasteiger charge is 2.20. The number of nitrogen functional groups attached to an aromatic ring is 1. The first-order chi connectivity index (χ1) is 6.29. The fourth-order valence-electron chi connectivity index (χ4n) is 1.19. The molecule has 1 unspecified atom stereocenters. The van der Waals surface area contributed by atoms with Crippen molar-refractivity contribution >= 4 is 17.6 Å². The van der Waals surface area contributed by atoms with Crippen LogP contribution in [0.15, 0.2) is 17.1 Å². The maximum atomic E-state index is 11.3. The minimum absolute atomic E-state index is 0.258. The number of aromatic nitrogens is 2. The SMILES string of the molecule is Nc1ccnc(=O)n1C1CSCO1. The van der Waals surface area contributed by atoms with E-state index >= 15 is 0 Å². The summed E-state index contributed by atoms with van der Waals surface area (Å²) in [7, 11) is 0. The van der Waals surface area contributed by atoms with Crippen molar-refractivity contribution in [2.24, 2.45) is 0 Å². The molecule has 1 aliphatic heterocycles. The summed E-state index contributed by atoms with van der Waals surface area (Å²) in [5, 5.41) is 0. The molecule has 5 nitrogen and oxygen atoms in total. The van der Waals surface area contributed by atoms with Crippen LogP contribution >= 0.6 is 11.8 Å². The Morgan fingerprint density at radius 2 is 2.62 bits per heavy atom. The first-order valence-electron chi connectivity index (χ1n) is 3.81. The Labute approximate surface area is 78.9 Å². The second kappa shape index (κ2) is 3.39. The number of ether oxygens (including phenoxy) is 1. The van der Waals surface area contributed by atoms with Gasteiger partial charge in [-0.3, -0.25) is 4.57 Å². The summed E-state index contributed by atoms with van der Waals surface area (Å²) < 4.78 is 6.68. The zero-order valence-corrected chi connectivity index (χ0v) is 7.66. The molecule has 1 aliphatic rings. The average Bonchev–Trinajstić information content (AvgIpc) is 2.57. The van der Waals surface area contributed by atoms with Crippen LogP contribution in [-0.4, -0.2) is 21.2 Å². The van der Waals surface area contributed by atoms with E-state index in [0.29, 0.717) is 11.8 Å². The Balaban J connectivity index is 2.43. The molecule has 0 bridgehead atoms. The van der Waals surface area contributed by atoms with E-state index in [9.17, 15) is 4.79 Å². The van der Waals surface area contributed by atoms with Crippen LogP contribution in [0, 0.1) is 0 Å². The van der Waals surface area contributed by atoms with E-state index in [2.05, 4.69) is 4.98 Å². The van der Waals surface area contributed by atoms with E-state index in [-0.39, 0.29) is 11.9 Å². The molecule has 1 aromatic heterocycles. The second-order valence-corrected chi connectivity index (χ2v) is 3.61. The van der Waals surface area contributed by atoms with Crippen molar-refractivity contribution in [3.8, 4) is 0 Å². The lowest BCUT2D eigenvalue weighted by Gasteiger charge is -2.13. The van der Waals surface area contributed by atoms with Crippen LogP contribution in [0.2, 0.25) is 0 Å². The lowest BCUT2D eigenvalue weighted by molar-refractivity contribution is 0.0658. The number of hydrogen-bond donors (Lipinski definition) is 1. The zero-order valence-electron chi connectivity index (χ0n) is 6.84. The number of anilines is 1. The minimum Gasteiger partial charge on any atom is -0.385 e. The van der Waals surface area contributed by atoms with Gasteiger partial charge in [0.1, 0.15) is 12.0 Å². The van der Waals surface area contributed by atoms with Gasteiger partial charge in [-0.05, 0) is 6.07 Å². The summed E-state index contributed by atoms with van der Waals surface area (Å²) >= 11 is 1.63. The van der Waals surface area contributed by atoms with Gasteiger partial charge in [-0.15, -0.1) is 11.8 Å². The van der Waals surface area contributed by atoms with Crippen LogP contribution in [-0.2, 0) is 4.74 Å². The van der Waals surface area contributed by atoms with Gasteiger partial charge in [0, 0.05) is 11.9 Å². The smallest absolute Gasteiger partial charge is 0.351 e. The van der Waals surface area contributed by atoms with Crippen LogP contribution in [0.3, 0.4) is 0 Å². The van der Waals surface area contributed by atoms with E-state index in [0.717, 1.165) is 5.75 Å². The summed E-state index contributed by atoms with van der Waals surface area (Å²) in [6, 6.07) is 1.59. The Bertz CT molecular complexity index is 359. The van der Waals surface area contributed by atoms with Gasteiger partial charge in [-0.25, -0.2) is 9.78 Å². The third kappa shape index (κ3) is 1.54. The number of hydrogen-bond acceptors (Lipinski definition) is 5. The molecule has 0 aliphatic carbocycles. The molecule has 6 heteroatoms. The monoisotopic (exact) mass is 199 g/mol. The molecule has 2 heterocycles. The molecule has 0 spiro atoms. The topological polar surface area (TPSA) is 70.1 Å². The van der Waals surface area contributed by atoms with E-state index in [4.69, 9.17) is 10.5 Å². The normalized spacial score (nSPS) is 22.0. The highest BCUT2D eigenvalue weighted by molar-refractivity contribution is 7.99. The van der Waals surface area contributed by atoms with Gasteiger partial charge >= 0.3 is 5.69 Å². The molecule has 0 aromatic carbocycles.